The summed E-state index contributed by atoms with van der Waals surface area (Å²) in [6.07, 6.45) is 4.62. The molecule has 1 saturated carbocycles. The van der Waals surface area contributed by atoms with Gasteiger partial charge in [-0.1, -0.05) is 6.07 Å². The second kappa shape index (κ2) is 4.16. The van der Waals surface area contributed by atoms with Gasteiger partial charge in [0.1, 0.15) is 0 Å². The molecule has 0 unspecified atom stereocenters. The van der Waals surface area contributed by atoms with E-state index in [1.807, 2.05) is 6.92 Å². The molecule has 94 valence electrons. The highest BCUT2D eigenvalue weighted by Crippen LogP contribution is 2.26. The van der Waals surface area contributed by atoms with Crippen molar-refractivity contribution in [2.45, 2.75) is 39.7 Å². The van der Waals surface area contributed by atoms with E-state index in [0.29, 0.717) is 6.04 Å². The third-order valence-electron chi connectivity index (χ3n) is 3.22. The van der Waals surface area contributed by atoms with Crippen LogP contribution in [-0.4, -0.2) is 15.6 Å². The van der Waals surface area contributed by atoms with Gasteiger partial charge in [0.15, 0.2) is 0 Å². The van der Waals surface area contributed by atoms with Crippen LogP contribution in [0, 0.1) is 20.8 Å². The van der Waals surface area contributed by atoms with E-state index in [9.17, 15) is 0 Å². The maximum absolute atomic E-state index is 4.58. The summed E-state index contributed by atoms with van der Waals surface area (Å²) < 4.78 is 2.16. The van der Waals surface area contributed by atoms with Crippen LogP contribution in [0.2, 0.25) is 0 Å². The molecule has 1 aromatic heterocycles. The number of anilines is 1. The molecule has 1 aliphatic rings. The van der Waals surface area contributed by atoms with Gasteiger partial charge in [-0.05, 0) is 56.9 Å². The van der Waals surface area contributed by atoms with Crippen molar-refractivity contribution in [3.05, 3.63) is 41.2 Å². The fraction of sp³-hybridized carbons (Fsp3) is 0.400. The highest BCUT2D eigenvalue weighted by Gasteiger charge is 2.23. The monoisotopic (exact) mass is 241 g/mol. The molecule has 1 heterocycles. The molecule has 3 rings (SSSR count). The van der Waals surface area contributed by atoms with Gasteiger partial charge in [0.25, 0.3) is 0 Å². The molecule has 0 radical (unpaired) electrons. The number of benzene rings is 1. The van der Waals surface area contributed by atoms with Gasteiger partial charge in [0.05, 0.1) is 5.69 Å². The number of aromatic nitrogens is 2. The molecular formula is C15H19N3. The Balaban J connectivity index is 2.03. The molecule has 1 aliphatic carbocycles. The minimum absolute atomic E-state index is 0.622. The van der Waals surface area contributed by atoms with Crippen molar-refractivity contribution in [1.29, 1.82) is 0 Å². The lowest BCUT2D eigenvalue weighted by Crippen LogP contribution is -2.07. The van der Waals surface area contributed by atoms with Gasteiger partial charge >= 0.3 is 0 Å². The molecule has 0 bridgehead atoms. The topological polar surface area (TPSA) is 29.9 Å². The number of aryl methyl sites for hydroxylation is 3. The van der Waals surface area contributed by atoms with Crippen LogP contribution in [0.3, 0.4) is 0 Å². The maximum atomic E-state index is 4.58. The highest BCUT2D eigenvalue weighted by atomic mass is 15.2. The fourth-order valence-electron chi connectivity index (χ4n) is 2.30. The molecule has 1 aromatic carbocycles. The predicted octanol–water partition coefficient (Wildman–Crippen LogP) is 3.37. The zero-order valence-corrected chi connectivity index (χ0v) is 11.2. The van der Waals surface area contributed by atoms with E-state index in [1.165, 1.54) is 29.7 Å². The van der Waals surface area contributed by atoms with Crippen LogP contribution in [0.25, 0.3) is 5.69 Å². The first-order chi connectivity index (χ1) is 8.61. The average molecular weight is 241 g/mol. The summed E-state index contributed by atoms with van der Waals surface area (Å²) in [7, 11) is 0. The van der Waals surface area contributed by atoms with Crippen molar-refractivity contribution in [1.82, 2.24) is 9.55 Å². The van der Waals surface area contributed by atoms with E-state index >= 15 is 0 Å². The first-order valence-corrected chi connectivity index (χ1v) is 6.53. The number of nitrogens with one attached hydrogen (secondary N) is 1. The average Bonchev–Trinajstić information content (AvgIpc) is 3.00. The molecule has 0 atom stereocenters. The van der Waals surface area contributed by atoms with Crippen molar-refractivity contribution in [2.75, 3.05) is 5.32 Å². The van der Waals surface area contributed by atoms with Gasteiger partial charge in [-0.2, -0.15) is 0 Å². The van der Waals surface area contributed by atoms with Crippen LogP contribution < -0.4 is 5.32 Å². The number of rotatable bonds is 3. The lowest BCUT2D eigenvalue weighted by Gasteiger charge is -2.10. The second-order valence-electron chi connectivity index (χ2n) is 5.34. The minimum atomic E-state index is 0.622. The Kier molecular flexibility index (Phi) is 2.62. The fourth-order valence-corrected chi connectivity index (χ4v) is 2.30. The van der Waals surface area contributed by atoms with E-state index in [0.717, 1.165) is 11.6 Å². The van der Waals surface area contributed by atoms with Crippen LogP contribution in [-0.2, 0) is 0 Å². The SMILES string of the molecule is Cc1cc(C)cc(-n2cc(C)nc2NC2CC2)c1. The van der Waals surface area contributed by atoms with Crippen LogP contribution in [0.15, 0.2) is 24.4 Å². The Hall–Kier alpha value is -1.77. The standard InChI is InChI=1S/C15H19N3/c1-10-6-11(2)8-14(7-10)18-9-12(3)16-15(18)17-13-4-5-13/h6-9,13H,4-5H2,1-3H3,(H,16,17). The van der Waals surface area contributed by atoms with Gasteiger partial charge in [-0.25, -0.2) is 4.98 Å². The number of hydrogen-bond donors (Lipinski definition) is 1. The summed E-state index contributed by atoms with van der Waals surface area (Å²) in [5.41, 5.74) is 4.82. The third-order valence-corrected chi connectivity index (χ3v) is 3.22. The first kappa shape index (κ1) is 11.3. The summed E-state index contributed by atoms with van der Waals surface area (Å²) >= 11 is 0. The Labute approximate surface area is 108 Å². The molecule has 0 spiro atoms. The van der Waals surface area contributed by atoms with Crippen LogP contribution in [0.5, 0.6) is 0 Å². The van der Waals surface area contributed by atoms with E-state index in [1.54, 1.807) is 0 Å². The summed E-state index contributed by atoms with van der Waals surface area (Å²) in [4.78, 5) is 4.58. The summed E-state index contributed by atoms with van der Waals surface area (Å²) in [6.45, 7) is 6.31. The van der Waals surface area contributed by atoms with Crippen molar-refractivity contribution < 1.29 is 0 Å². The predicted molar refractivity (Wildman–Crippen MR) is 74.4 cm³/mol. The van der Waals surface area contributed by atoms with Gasteiger partial charge in [0, 0.05) is 17.9 Å². The lowest BCUT2D eigenvalue weighted by molar-refractivity contribution is 0.998. The largest absolute Gasteiger partial charge is 0.353 e. The normalized spacial score (nSPS) is 14.8. The Bertz CT molecular complexity index is 559. The van der Waals surface area contributed by atoms with Crippen molar-refractivity contribution in [3.63, 3.8) is 0 Å². The molecule has 18 heavy (non-hydrogen) atoms. The van der Waals surface area contributed by atoms with Crippen molar-refractivity contribution in [3.8, 4) is 5.69 Å². The smallest absolute Gasteiger partial charge is 0.207 e. The zero-order valence-electron chi connectivity index (χ0n) is 11.2. The highest BCUT2D eigenvalue weighted by molar-refractivity contribution is 5.47. The quantitative estimate of drug-likeness (QED) is 0.892. The number of nitrogens with zero attached hydrogens (tertiary/aromatic N) is 2. The van der Waals surface area contributed by atoms with Gasteiger partial charge in [-0.3, -0.25) is 4.57 Å². The summed E-state index contributed by atoms with van der Waals surface area (Å²) in [6, 6.07) is 7.22. The molecule has 0 saturated heterocycles. The van der Waals surface area contributed by atoms with Crippen LogP contribution in [0.1, 0.15) is 29.7 Å². The maximum Gasteiger partial charge on any atom is 0.207 e. The van der Waals surface area contributed by atoms with Crippen molar-refractivity contribution in [2.24, 2.45) is 0 Å². The van der Waals surface area contributed by atoms with Gasteiger partial charge in [-0.15, -0.1) is 0 Å². The molecule has 1 fully saturated rings. The second-order valence-corrected chi connectivity index (χ2v) is 5.34. The lowest BCUT2D eigenvalue weighted by atomic mass is 10.1. The van der Waals surface area contributed by atoms with Crippen LogP contribution in [0.4, 0.5) is 5.95 Å². The van der Waals surface area contributed by atoms with Crippen molar-refractivity contribution >= 4 is 5.95 Å². The zero-order chi connectivity index (χ0) is 12.7. The first-order valence-electron chi connectivity index (χ1n) is 6.53. The van der Waals surface area contributed by atoms with E-state index in [4.69, 9.17) is 0 Å². The number of imidazole rings is 1. The molecular weight excluding hydrogens is 222 g/mol. The van der Waals surface area contributed by atoms with Crippen LogP contribution >= 0.6 is 0 Å². The minimum Gasteiger partial charge on any atom is -0.353 e. The third kappa shape index (κ3) is 2.26. The van der Waals surface area contributed by atoms with E-state index < -0.39 is 0 Å². The van der Waals surface area contributed by atoms with E-state index in [2.05, 4.69) is 53.1 Å². The molecule has 2 aromatic rings. The van der Waals surface area contributed by atoms with Gasteiger partial charge < -0.3 is 5.32 Å². The molecule has 3 heteroatoms. The molecule has 0 amide bonds. The molecule has 3 nitrogen and oxygen atoms in total. The number of hydrogen-bond acceptors (Lipinski definition) is 2. The summed E-state index contributed by atoms with van der Waals surface area (Å²) in [5, 5.41) is 3.49. The van der Waals surface area contributed by atoms with Gasteiger partial charge in [0.2, 0.25) is 5.95 Å². The molecule has 0 aliphatic heterocycles. The summed E-state index contributed by atoms with van der Waals surface area (Å²) in [5.74, 6) is 0.972. The van der Waals surface area contributed by atoms with E-state index in [-0.39, 0.29) is 0 Å². The molecule has 1 N–H and O–H groups in total. The Morgan fingerprint density at radius 3 is 2.39 bits per heavy atom. The Morgan fingerprint density at radius 1 is 1.11 bits per heavy atom. The Morgan fingerprint density at radius 2 is 1.78 bits per heavy atom.